The molecule has 0 aliphatic carbocycles. The van der Waals surface area contributed by atoms with Crippen molar-refractivity contribution in [3.63, 3.8) is 0 Å². The fourth-order valence-corrected chi connectivity index (χ4v) is 3.62. The topological polar surface area (TPSA) is 75.2 Å². The van der Waals surface area contributed by atoms with Crippen molar-refractivity contribution >= 4 is 34.1 Å². The Bertz CT molecular complexity index is 920. The third-order valence-corrected chi connectivity index (χ3v) is 4.89. The summed E-state index contributed by atoms with van der Waals surface area (Å²) in [6, 6.07) is 14.1. The van der Waals surface area contributed by atoms with Gasteiger partial charge in [0.15, 0.2) is 5.69 Å². The van der Waals surface area contributed by atoms with Crippen molar-refractivity contribution in [3.05, 3.63) is 59.1 Å². The van der Waals surface area contributed by atoms with Gasteiger partial charge in [0.2, 0.25) is 5.91 Å². The number of amides is 2. The molecule has 2 heterocycles. The maximum atomic E-state index is 12.3. The standard InChI is InChI=1S/C18H16N4O2S/c23-17-8-14(19-18(24)16-11-25-21-20-16)10-22(17)9-13-6-3-5-12-4-1-2-7-15(12)13/h1-7,11,14H,8-10H2,(H,19,24)/t14-/m1/s1. The Morgan fingerprint density at radius 1 is 1.24 bits per heavy atom. The first kappa shape index (κ1) is 15.7. The van der Waals surface area contributed by atoms with E-state index in [0.717, 1.165) is 27.9 Å². The van der Waals surface area contributed by atoms with Gasteiger partial charge in [-0.05, 0) is 27.9 Å². The molecule has 4 rings (SSSR count). The molecule has 1 fully saturated rings. The zero-order valence-electron chi connectivity index (χ0n) is 13.4. The number of carbonyl (C=O) groups is 2. The Balaban J connectivity index is 1.46. The predicted molar refractivity (Wildman–Crippen MR) is 95.1 cm³/mol. The quantitative estimate of drug-likeness (QED) is 0.781. The van der Waals surface area contributed by atoms with Crippen LogP contribution < -0.4 is 5.32 Å². The average Bonchev–Trinajstić information content (AvgIpc) is 3.26. The molecule has 0 bridgehead atoms. The Labute approximate surface area is 148 Å². The molecular weight excluding hydrogens is 336 g/mol. The summed E-state index contributed by atoms with van der Waals surface area (Å²) in [5.41, 5.74) is 1.41. The largest absolute Gasteiger partial charge is 0.346 e. The van der Waals surface area contributed by atoms with Crippen molar-refractivity contribution in [3.8, 4) is 0 Å². The lowest BCUT2D eigenvalue weighted by Crippen LogP contribution is -2.37. The van der Waals surface area contributed by atoms with Crippen LogP contribution in [0.5, 0.6) is 0 Å². The van der Waals surface area contributed by atoms with Gasteiger partial charge in [-0.1, -0.05) is 47.0 Å². The van der Waals surface area contributed by atoms with Gasteiger partial charge in [0.05, 0.1) is 6.04 Å². The third-order valence-electron chi connectivity index (χ3n) is 4.38. The van der Waals surface area contributed by atoms with Crippen LogP contribution in [0.1, 0.15) is 22.5 Å². The van der Waals surface area contributed by atoms with Crippen LogP contribution in [0.2, 0.25) is 0 Å². The van der Waals surface area contributed by atoms with Gasteiger partial charge in [-0.3, -0.25) is 9.59 Å². The number of nitrogens with zero attached hydrogens (tertiary/aromatic N) is 3. The third kappa shape index (κ3) is 3.23. The molecular formula is C18H16N4O2S. The van der Waals surface area contributed by atoms with E-state index in [1.165, 1.54) is 0 Å². The lowest BCUT2D eigenvalue weighted by atomic mass is 10.0. The fraction of sp³-hybridized carbons (Fsp3) is 0.222. The van der Waals surface area contributed by atoms with Gasteiger partial charge in [-0.25, -0.2) is 0 Å². The van der Waals surface area contributed by atoms with Crippen molar-refractivity contribution < 1.29 is 9.59 Å². The Hall–Kier alpha value is -2.80. The molecule has 1 saturated heterocycles. The van der Waals surface area contributed by atoms with Crippen LogP contribution in [0.25, 0.3) is 10.8 Å². The highest BCUT2D eigenvalue weighted by molar-refractivity contribution is 7.03. The summed E-state index contributed by atoms with van der Waals surface area (Å²) in [5.74, 6) is -0.229. The van der Waals surface area contributed by atoms with Crippen molar-refractivity contribution in [2.75, 3.05) is 6.54 Å². The van der Waals surface area contributed by atoms with Crippen LogP contribution in [0.4, 0.5) is 0 Å². The van der Waals surface area contributed by atoms with E-state index in [2.05, 4.69) is 33.1 Å². The second-order valence-corrected chi connectivity index (χ2v) is 6.69. The predicted octanol–water partition coefficient (Wildman–Crippen LogP) is 2.22. The molecule has 6 nitrogen and oxygen atoms in total. The molecule has 0 saturated carbocycles. The lowest BCUT2D eigenvalue weighted by Gasteiger charge is -2.18. The number of hydrogen-bond acceptors (Lipinski definition) is 5. The minimum atomic E-state index is -0.279. The van der Waals surface area contributed by atoms with Gasteiger partial charge in [-0.2, -0.15) is 0 Å². The first-order chi connectivity index (χ1) is 12.2. The first-order valence-corrected chi connectivity index (χ1v) is 8.87. The van der Waals surface area contributed by atoms with Gasteiger partial charge in [0.25, 0.3) is 5.91 Å². The van der Waals surface area contributed by atoms with Crippen LogP contribution in [-0.4, -0.2) is 38.9 Å². The molecule has 3 aromatic rings. The number of carbonyl (C=O) groups excluding carboxylic acids is 2. The summed E-state index contributed by atoms with van der Waals surface area (Å²) >= 11 is 1.13. The van der Waals surface area contributed by atoms with Crippen molar-refractivity contribution in [1.29, 1.82) is 0 Å². The molecule has 0 radical (unpaired) electrons. The second-order valence-electron chi connectivity index (χ2n) is 6.08. The van der Waals surface area contributed by atoms with Gasteiger partial charge in [0, 0.05) is 24.9 Å². The Kier molecular flexibility index (Phi) is 4.15. The molecule has 1 aliphatic heterocycles. The minimum Gasteiger partial charge on any atom is -0.346 e. The van der Waals surface area contributed by atoms with Crippen LogP contribution in [0.3, 0.4) is 0 Å². The summed E-state index contributed by atoms with van der Waals surface area (Å²) in [7, 11) is 0. The molecule has 0 spiro atoms. The van der Waals surface area contributed by atoms with Gasteiger partial charge in [-0.15, -0.1) is 5.10 Å². The normalized spacial score (nSPS) is 17.2. The van der Waals surface area contributed by atoms with E-state index >= 15 is 0 Å². The summed E-state index contributed by atoms with van der Waals surface area (Å²) in [6.07, 6.45) is 0.314. The average molecular weight is 352 g/mol. The highest BCUT2D eigenvalue weighted by Gasteiger charge is 2.31. The smallest absolute Gasteiger partial charge is 0.273 e. The Morgan fingerprint density at radius 3 is 2.92 bits per heavy atom. The molecule has 25 heavy (non-hydrogen) atoms. The number of benzene rings is 2. The zero-order chi connectivity index (χ0) is 17.2. The first-order valence-electron chi connectivity index (χ1n) is 8.03. The molecule has 1 aliphatic rings. The molecule has 1 N–H and O–H groups in total. The SMILES string of the molecule is O=C(N[C@@H]1CC(=O)N(Cc2cccc3ccccc23)C1)c1csnn1. The van der Waals surface area contributed by atoms with Crippen LogP contribution >= 0.6 is 11.5 Å². The van der Waals surface area contributed by atoms with Crippen LogP contribution in [0, 0.1) is 0 Å². The summed E-state index contributed by atoms with van der Waals surface area (Å²) in [6.45, 7) is 1.05. The lowest BCUT2D eigenvalue weighted by molar-refractivity contribution is -0.128. The molecule has 1 aromatic heterocycles. The highest BCUT2D eigenvalue weighted by atomic mass is 32.1. The summed E-state index contributed by atoms with van der Waals surface area (Å²) in [5, 5.41) is 10.5. The number of fused-ring (bicyclic) bond motifs is 1. The van der Waals surface area contributed by atoms with Gasteiger partial charge in [0.1, 0.15) is 0 Å². The number of rotatable bonds is 4. The van der Waals surface area contributed by atoms with Crippen molar-refractivity contribution in [1.82, 2.24) is 19.8 Å². The van der Waals surface area contributed by atoms with Gasteiger partial charge < -0.3 is 10.2 Å². The van der Waals surface area contributed by atoms with Crippen LogP contribution in [-0.2, 0) is 11.3 Å². The monoisotopic (exact) mass is 352 g/mol. The maximum Gasteiger partial charge on any atom is 0.273 e. The highest BCUT2D eigenvalue weighted by Crippen LogP contribution is 2.22. The summed E-state index contributed by atoms with van der Waals surface area (Å²) in [4.78, 5) is 26.2. The number of nitrogens with one attached hydrogen (secondary N) is 1. The maximum absolute atomic E-state index is 12.3. The van der Waals surface area contributed by atoms with E-state index in [-0.39, 0.29) is 17.9 Å². The molecule has 7 heteroatoms. The summed E-state index contributed by atoms with van der Waals surface area (Å²) < 4.78 is 3.69. The molecule has 2 amide bonds. The number of likely N-dealkylation sites (tertiary alicyclic amines) is 1. The van der Waals surface area contributed by atoms with E-state index in [1.807, 2.05) is 24.3 Å². The van der Waals surface area contributed by atoms with E-state index in [1.54, 1.807) is 10.3 Å². The van der Waals surface area contributed by atoms with Gasteiger partial charge >= 0.3 is 0 Å². The molecule has 126 valence electrons. The minimum absolute atomic E-state index is 0.0506. The zero-order valence-corrected chi connectivity index (χ0v) is 14.2. The van der Waals surface area contributed by atoms with E-state index in [0.29, 0.717) is 25.2 Å². The Morgan fingerprint density at radius 2 is 2.08 bits per heavy atom. The van der Waals surface area contributed by atoms with Crippen molar-refractivity contribution in [2.24, 2.45) is 0 Å². The second kappa shape index (κ2) is 6.60. The fourth-order valence-electron chi connectivity index (χ4n) is 3.18. The van der Waals surface area contributed by atoms with Crippen molar-refractivity contribution in [2.45, 2.75) is 19.0 Å². The molecule has 2 aromatic carbocycles. The van der Waals surface area contributed by atoms with E-state index in [4.69, 9.17) is 0 Å². The molecule has 0 unspecified atom stereocenters. The number of aromatic nitrogens is 2. The number of hydrogen-bond donors (Lipinski definition) is 1. The molecule has 1 atom stereocenters. The van der Waals surface area contributed by atoms with Crippen LogP contribution in [0.15, 0.2) is 47.8 Å². The van der Waals surface area contributed by atoms with E-state index < -0.39 is 0 Å². The van der Waals surface area contributed by atoms with E-state index in [9.17, 15) is 9.59 Å².